The van der Waals surface area contributed by atoms with Gasteiger partial charge in [-0.2, -0.15) is 0 Å². The number of aryl methyl sites for hydroxylation is 1. The summed E-state index contributed by atoms with van der Waals surface area (Å²) in [6.45, 7) is 2.28. The molecule has 37 heavy (non-hydrogen) atoms. The van der Waals surface area contributed by atoms with Crippen LogP contribution in [0.25, 0.3) is 40.7 Å². The summed E-state index contributed by atoms with van der Waals surface area (Å²) in [7, 11) is 0. The molecular weight excluding hydrogens is 505 g/mol. The lowest BCUT2D eigenvalue weighted by Crippen LogP contribution is -1.82. The molecule has 0 fully saturated rings. The van der Waals surface area contributed by atoms with Crippen LogP contribution >= 0.6 is 34.0 Å². The summed E-state index contributed by atoms with van der Waals surface area (Å²) in [5, 5.41) is 4.03. The van der Waals surface area contributed by atoms with Crippen LogP contribution < -0.4 is 0 Å². The first-order valence-corrected chi connectivity index (χ1v) is 15.8. The van der Waals surface area contributed by atoms with E-state index in [-0.39, 0.29) is 0 Å². The van der Waals surface area contributed by atoms with Crippen molar-refractivity contribution in [3.05, 3.63) is 94.2 Å². The number of hydrogen-bond donors (Lipinski definition) is 0. The van der Waals surface area contributed by atoms with Crippen molar-refractivity contribution in [2.75, 3.05) is 0 Å². The first kappa shape index (κ1) is 24.4. The van der Waals surface area contributed by atoms with E-state index in [0.717, 1.165) is 10.4 Å². The molecule has 0 unspecified atom stereocenters. The van der Waals surface area contributed by atoms with E-state index >= 15 is 0 Å². The van der Waals surface area contributed by atoms with E-state index in [1.165, 1.54) is 90.5 Å². The third-order valence-electron chi connectivity index (χ3n) is 6.91. The van der Waals surface area contributed by atoms with E-state index in [1.807, 2.05) is 22.7 Å². The Morgan fingerprint density at radius 2 is 1.35 bits per heavy atom. The Morgan fingerprint density at radius 3 is 2.19 bits per heavy atom. The van der Waals surface area contributed by atoms with Gasteiger partial charge in [0.2, 0.25) is 0 Å². The highest BCUT2D eigenvalue weighted by atomic mass is 32.1. The molecule has 0 N–H and O–H groups in total. The minimum atomic E-state index is 1.06. The largest absolute Gasteiger partial charge is 0.140 e. The van der Waals surface area contributed by atoms with Crippen LogP contribution in [0.5, 0.6) is 0 Å². The lowest BCUT2D eigenvalue weighted by Gasteiger charge is -1.98. The molecule has 0 aliphatic rings. The molecule has 0 atom stereocenters. The fourth-order valence-corrected chi connectivity index (χ4v) is 8.02. The van der Waals surface area contributed by atoms with Crippen molar-refractivity contribution < 1.29 is 0 Å². The third kappa shape index (κ3) is 5.68. The molecule has 0 radical (unpaired) electrons. The van der Waals surface area contributed by atoms with Gasteiger partial charge >= 0.3 is 0 Å². The highest BCUT2D eigenvalue weighted by Crippen LogP contribution is 2.38. The second kappa shape index (κ2) is 11.2. The Kier molecular flexibility index (Phi) is 7.42. The lowest BCUT2D eigenvalue weighted by atomic mass is 10.1. The normalized spacial score (nSPS) is 11.4. The summed E-state index contributed by atoms with van der Waals surface area (Å²) in [6.07, 6.45) is 9.39. The zero-order chi connectivity index (χ0) is 25.0. The number of thiophene rings is 3. The van der Waals surface area contributed by atoms with Crippen LogP contribution in [0.4, 0.5) is 0 Å². The summed E-state index contributed by atoms with van der Waals surface area (Å²) in [6, 6.07) is 28.9. The van der Waals surface area contributed by atoms with Crippen molar-refractivity contribution in [3.8, 4) is 22.3 Å². The van der Waals surface area contributed by atoms with Gasteiger partial charge in [-0.25, -0.2) is 0 Å². The Labute approximate surface area is 231 Å². The first-order chi connectivity index (χ1) is 18.2. The van der Waals surface area contributed by atoms with Gasteiger partial charge in [-0.05, 0) is 83.1 Å². The highest BCUT2D eigenvalue weighted by Gasteiger charge is 2.09. The van der Waals surface area contributed by atoms with E-state index < -0.39 is 0 Å². The zero-order valence-electron chi connectivity index (χ0n) is 21.2. The molecule has 3 heteroatoms. The average Bonchev–Trinajstić information content (AvgIpc) is 3.63. The number of benzene rings is 3. The van der Waals surface area contributed by atoms with Crippen LogP contribution in [-0.4, -0.2) is 0 Å². The highest BCUT2D eigenvalue weighted by molar-refractivity contribution is 7.23. The monoisotopic (exact) mass is 534 g/mol. The summed E-state index contributed by atoms with van der Waals surface area (Å²) >= 11 is 5.63. The average molecular weight is 535 g/mol. The summed E-state index contributed by atoms with van der Waals surface area (Å²) < 4.78 is 4.09. The number of fused-ring (bicyclic) bond motifs is 3. The van der Waals surface area contributed by atoms with Gasteiger partial charge in [-0.1, -0.05) is 81.2 Å². The predicted octanol–water partition coefficient (Wildman–Crippen LogP) is 11.3. The molecule has 184 valence electrons. The van der Waals surface area contributed by atoms with Crippen LogP contribution in [0.3, 0.4) is 0 Å². The van der Waals surface area contributed by atoms with Crippen LogP contribution in [-0.2, 0) is 6.42 Å². The predicted molar refractivity (Wildman–Crippen MR) is 168 cm³/mol. The molecule has 3 aromatic carbocycles. The number of unbranched alkanes of at least 4 members (excludes halogenated alkanes) is 5. The number of hydrogen-bond acceptors (Lipinski definition) is 3. The summed E-state index contributed by atoms with van der Waals surface area (Å²) in [4.78, 5) is 3.98. The molecule has 6 rings (SSSR count). The molecule has 0 bridgehead atoms. The van der Waals surface area contributed by atoms with E-state index in [9.17, 15) is 0 Å². The zero-order valence-corrected chi connectivity index (χ0v) is 23.6. The molecule has 0 saturated heterocycles. The Hall–Kier alpha value is -2.90. The second-order valence-electron chi connectivity index (χ2n) is 9.74. The molecule has 0 nitrogen and oxygen atoms in total. The maximum Gasteiger partial charge on any atom is 0.0784 e. The van der Waals surface area contributed by atoms with E-state index in [1.54, 1.807) is 11.3 Å². The quantitative estimate of drug-likeness (QED) is 0.135. The smallest absolute Gasteiger partial charge is 0.0784 e. The van der Waals surface area contributed by atoms with Gasteiger partial charge in [0, 0.05) is 29.4 Å². The molecular formula is C34H30S3. The van der Waals surface area contributed by atoms with E-state index in [4.69, 9.17) is 0 Å². The van der Waals surface area contributed by atoms with Gasteiger partial charge in [-0.15, -0.1) is 34.0 Å². The Balaban J connectivity index is 1.15. The maximum atomic E-state index is 3.35. The molecule has 0 saturated carbocycles. The van der Waals surface area contributed by atoms with Crippen LogP contribution in [0.2, 0.25) is 0 Å². The molecule has 3 heterocycles. The molecule has 0 aliphatic heterocycles. The molecule has 3 aromatic heterocycles. The van der Waals surface area contributed by atoms with E-state index in [0.29, 0.717) is 0 Å². The standard InChI is InChI=1S/C34H30S3/c1-2-3-4-5-6-7-11-29-20-27-21-34-28(23-33(27)36-29)22-32(37-34)25-16-13-24(14-17-25)15-18-30-19-26-10-8-9-12-31(26)35-30/h8-10,12-14,16-17,19-23H,2-7,11H2,1H3. The van der Waals surface area contributed by atoms with Crippen molar-refractivity contribution in [2.45, 2.75) is 51.9 Å². The molecule has 6 aromatic rings. The lowest BCUT2D eigenvalue weighted by molar-refractivity contribution is 0.609. The molecule has 0 aliphatic carbocycles. The van der Waals surface area contributed by atoms with Gasteiger partial charge in [0.25, 0.3) is 0 Å². The first-order valence-electron chi connectivity index (χ1n) is 13.3. The topological polar surface area (TPSA) is 0 Å². The third-order valence-corrected chi connectivity index (χ3v) is 10.2. The van der Waals surface area contributed by atoms with Crippen molar-refractivity contribution in [2.24, 2.45) is 0 Å². The molecule has 0 amide bonds. The van der Waals surface area contributed by atoms with Gasteiger partial charge in [0.1, 0.15) is 0 Å². The minimum Gasteiger partial charge on any atom is -0.140 e. The van der Waals surface area contributed by atoms with Crippen molar-refractivity contribution >= 4 is 64.3 Å². The van der Waals surface area contributed by atoms with Gasteiger partial charge < -0.3 is 0 Å². The minimum absolute atomic E-state index is 1.06. The Morgan fingerprint density at radius 1 is 0.595 bits per heavy atom. The molecule has 0 spiro atoms. The van der Waals surface area contributed by atoms with Crippen LogP contribution in [0.15, 0.2) is 78.9 Å². The van der Waals surface area contributed by atoms with Gasteiger partial charge in [0.15, 0.2) is 0 Å². The van der Waals surface area contributed by atoms with Crippen LogP contribution in [0, 0.1) is 11.8 Å². The van der Waals surface area contributed by atoms with Crippen LogP contribution in [0.1, 0.15) is 60.8 Å². The van der Waals surface area contributed by atoms with Gasteiger partial charge in [-0.3, -0.25) is 0 Å². The Bertz CT molecular complexity index is 1630. The van der Waals surface area contributed by atoms with E-state index in [2.05, 4.69) is 97.6 Å². The fourth-order valence-electron chi connectivity index (χ4n) is 4.87. The van der Waals surface area contributed by atoms with Crippen molar-refractivity contribution in [1.29, 1.82) is 0 Å². The number of rotatable bonds is 8. The fraction of sp³-hybridized carbons (Fsp3) is 0.235. The SMILES string of the molecule is CCCCCCCCc1cc2cc3sc(-c4ccc(C#Cc5cc6ccccc6s5)cc4)cc3cc2s1. The maximum absolute atomic E-state index is 3.35. The van der Waals surface area contributed by atoms with Gasteiger partial charge in [0.05, 0.1) is 4.88 Å². The van der Waals surface area contributed by atoms with Crippen molar-refractivity contribution in [1.82, 2.24) is 0 Å². The summed E-state index contributed by atoms with van der Waals surface area (Å²) in [5.41, 5.74) is 2.32. The summed E-state index contributed by atoms with van der Waals surface area (Å²) in [5.74, 6) is 6.69. The second-order valence-corrected chi connectivity index (χ2v) is 13.1. The van der Waals surface area contributed by atoms with Crippen molar-refractivity contribution in [3.63, 3.8) is 0 Å².